The van der Waals surface area contributed by atoms with Crippen molar-refractivity contribution in [2.75, 3.05) is 0 Å². The van der Waals surface area contributed by atoms with Crippen LogP contribution in [0.5, 0.6) is 0 Å². The Morgan fingerprint density at radius 3 is 3.00 bits per heavy atom. The molecule has 1 N–H and O–H groups in total. The normalized spacial score (nSPS) is 18.8. The van der Waals surface area contributed by atoms with Crippen molar-refractivity contribution in [2.24, 2.45) is 5.92 Å². The molecule has 6 heteroatoms. The summed E-state index contributed by atoms with van der Waals surface area (Å²) in [5.74, 6) is 0.558. The van der Waals surface area contributed by atoms with Crippen molar-refractivity contribution < 1.29 is 9.18 Å². The molecular weight excluding hydrogens is 319 g/mol. The van der Waals surface area contributed by atoms with E-state index >= 15 is 0 Å². The Balaban J connectivity index is 1.36. The van der Waals surface area contributed by atoms with Gasteiger partial charge in [-0.1, -0.05) is 12.1 Å². The number of carbonyl (C=O) groups excluding carboxylic acids is 1. The van der Waals surface area contributed by atoms with Crippen LogP contribution in [0, 0.1) is 11.7 Å². The van der Waals surface area contributed by atoms with Gasteiger partial charge in [0.15, 0.2) is 0 Å². The maximum atomic E-state index is 13.3. The summed E-state index contributed by atoms with van der Waals surface area (Å²) in [6.07, 6.45) is 7.67. The number of halogens is 1. The second-order valence-corrected chi connectivity index (χ2v) is 6.21. The largest absolute Gasteiger partial charge is 0.352 e. The van der Waals surface area contributed by atoms with Crippen LogP contribution in [0.15, 0.2) is 61.3 Å². The molecule has 3 aromatic rings. The van der Waals surface area contributed by atoms with Gasteiger partial charge < -0.3 is 5.32 Å². The van der Waals surface area contributed by atoms with E-state index in [2.05, 4.69) is 15.3 Å². The lowest BCUT2D eigenvalue weighted by molar-refractivity contribution is -0.122. The smallest absolute Gasteiger partial charge is 0.224 e. The second kappa shape index (κ2) is 6.47. The van der Waals surface area contributed by atoms with Gasteiger partial charge in [-0.15, -0.1) is 0 Å². The Kier molecular flexibility index (Phi) is 4.01. The number of nitrogens with one attached hydrogen (secondary N) is 1. The van der Waals surface area contributed by atoms with Crippen LogP contribution in [-0.4, -0.2) is 20.4 Å². The van der Waals surface area contributed by atoms with Gasteiger partial charge in [-0.2, -0.15) is 0 Å². The van der Waals surface area contributed by atoms with Crippen molar-refractivity contribution in [3.05, 3.63) is 78.3 Å². The SMILES string of the molecule is O=C(NCc1ccnc(-n2ccnc2)c1)[C@@H]1C[C@H]1c1cccc(F)c1. The highest BCUT2D eigenvalue weighted by Gasteiger charge is 2.43. The molecule has 2 heterocycles. The first-order valence-electron chi connectivity index (χ1n) is 8.17. The van der Waals surface area contributed by atoms with Gasteiger partial charge in [0, 0.05) is 31.1 Å². The Morgan fingerprint density at radius 1 is 1.28 bits per heavy atom. The topological polar surface area (TPSA) is 59.8 Å². The number of imidazole rings is 1. The van der Waals surface area contributed by atoms with Crippen molar-refractivity contribution in [1.82, 2.24) is 19.9 Å². The average Bonchev–Trinajstić information content (AvgIpc) is 3.25. The summed E-state index contributed by atoms with van der Waals surface area (Å²) in [7, 11) is 0. The number of rotatable bonds is 5. The Bertz CT molecular complexity index is 894. The lowest BCUT2D eigenvalue weighted by Crippen LogP contribution is -2.25. The summed E-state index contributed by atoms with van der Waals surface area (Å²) in [5.41, 5.74) is 1.86. The number of carbonyl (C=O) groups is 1. The fourth-order valence-corrected chi connectivity index (χ4v) is 3.02. The highest BCUT2D eigenvalue weighted by Crippen LogP contribution is 2.47. The Morgan fingerprint density at radius 2 is 2.20 bits per heavy atom. The van der Waals surface area contributed by atoms with E-state index in [0.717, 1.165) is 23.4 Å². The predicted octanol–water partition coefficient (Wildman–Crippen LogP) is 2.83. The first kappa shape index (κ1) is 15.5. The van der Waals surface area contributed by atoms with Gasteiger partial charge in [0.1, 0.15) is 18.0 Å². The van der Waals surface area contributed by atoms with Crippen LogP contribution in [0.1, 0.15) is 23.5 Å². The standard InChI is InChI=1S/C19H17FN4O/c20-15-3-1-2-14(9-15)16-10-17(16)19(25)23-11-13-4-5-22-18(8-13)24-7-6-21-12-24/h1-9,12,16-17H,10-11H2,(H,23,25)/t16-,17+/m0/s1. The maximum Gasteiger partial charge on any atom is 0.224 e. The highest BCUT2D eigenvalue weighted by molar-refractivity contribution is 5.82. The van der Waals surface area contributed by atoms with Crippen LogP contribution in [0.3, 0.4) is 0 Å². The average molecular weight is 336 g/mol. The first-order valence-corrected chi connectivity index (χ1v) is 8.17. The van der Waals surface area contributed by atoms with Crippen LogP contribution in [0.2, 0.25) is 0 Å². The van der Waals surface area contributed by atoms with Crippen molar-refractivity contribution in [3.8, 4) is 5.82 Å². The van der Waals surface area contributed by atoms with Gasteiger partial charge in [0.2, 0.25) is 5.91 Å². The van der Waals surface area contributed by atoms with Crippen molar-refractivity contribution >= 4 is 5.91 Å². The van der Waals surface area contributed by atoms with E-state index in [1.54, 1.807) is 24.8 Å². The van der Waals surface area contributed by atoms with Crippen LogP contribution < -0.4 is 5.32 Å². The molecule has 1 aromatic carbocycles. The summed E-state index contributed by atoms with van der Waals surface area (Å²) in [4.78, 5) is 20.6. The van der Waals surface area contributed by atoms with Gasteiger partial charge in [-0.05, 0) is 47.7 Å². The molecule has 1 saturated carbocycles. The van der Waals surface area contributed by atoms with Gasteiger partial charge in [-0.25, -0.2) is 14.4 Å². The van der Waals surface area contributed by atoms with E-state index in [4.69, 9.17) is 0 Å². The monoisotopic (exact) mass is 336 g/mol. The van der Waals surface area contributed by atoms with Gasteiger partial charge >= 0.3 is 0 Å². The summed E-state index contributed by atoms with van der Waals surface area (Å²) in [6, 6.07) is 10.3. The second-order valence-electron chi connectivity index (χ2n) is 6.21. The molecule has 0 aliphatic heterocycles. The lowest BCUT2D eigenvalue weighted by Gasteiger charge is -2.07. The fourth-order valence-electron chi connectivity index (χ4n) is 3.02. The number of hydrogen-bond donors (Lipinski definition) is 1. The minimum absolute atomic E-state index is 0.00949. The Hall–Kier alpha value is -3.02. The molecule has 126 valence electrons. The molecule has 0 spiro atoms. The summed E-state index contributed by atoms with van der Waals surface area (Å²) >= 11 is 0. The molecule has 0 saturated heterocycles. The number of hydrogen-bond acceptors (Lipinski definition) is 3. The molecule has 5 nitrogen and oxygen atoms in total. The third-order valence-electron chi connectivity index (χ3n) is 4.45. The molecule has 1 aliphatic rings. The van der Waals surface area contributed by atoms with Crippen molar-refractivity contribution in [3.63, 3.8) is 0 Å². The highest BCUT2D eigenvalue weighted by atomic mass is 19.1. The molecule has 0 unspecified atom stereocenters. The van der Waals surface area contributed by atoms with Crippen molar-refractivity contribution in [2.45, 2.75) is 18.9 Å². The third-order valence-corrected chi connectivity index (χ3v) is 4.45. The molecule has 0 radical (unpaired) electrons. The minimum Gasteiger partial charge on any atom is -0.352 e. The number of amides is 1. The number of nitrogens with zero attached hydrogens (tertiary/aromatic N) is 3. The molecule has 25 heavy (non-hydrogen) atoms. The molecule has 2 aromatic heterocycles. The molecule has 1 amide bonds. The number of benzene rings is 1. The molecule has 1 fully saturated rings. The van der Waals surface area contributed by atoms with E-state index in [0.29, 0.717) is 6.54 Å². The van der Waals surface area contributed by atoms with E-state index in [1.165, 1.54) is 12.1 Å². The van der Waals surface area contributed by atoms with E-state index < -0.39 is 0 Å². The molecule has 4 rings (SSSR count). The minimum atomic E-state index is -0.257. The van der Waals surface area contributed by atoms with Crippen LogP contribution in [0.4, 0.5) is 4.39 Å². The summed E-state index contributed by atoms with van der Waals surface area (Å²) in [6.45, 7) is 0.440. The van der Waals surface area contributed by atoms with E-state index in [9.17, 15) is 9.18 Å². The van der Waals surface area contributed by atoms with Gasteiger partial charge in [-0.3, -0.25) is 9.36 Å². The molecule has 2 atom stereocenters. The van der Waals surface area contributed by atoms with Gasteiger partial charge in [0.25, 0.3) is 0 Å². The lowest BCUT2D eigenvalue weighted by atomic mass is 10.1. The van der Waals surface area contributed by atoms with Gasteiger partial charge in [0.05, 0.1) is 0 Å². The predicted molar refractivity (Wildman–Crippen MR) is 90.5 cm³/mol. The molecule has 1 aliphatic carbocycles. The zero-order valence-corrected chi connectivity index (χ0v) is 13.5. The Labute approximate surface area is 144 Å². The molecule has 0 bridgehead atoms. The maximum absolute atomic E-state index is 13.3. The third kappa shape index (κ3) is 3.42. The zero-order valence-electron chi connectivity index (χ0n) is 13.5. The summed E-state index contributed by atoms with van der Waals surface area (Å²) in [5, 5.41) is 2.96. The fraction of sp³-hybridized carbons (Fsp3) is 0.211. The molecular formula is C19H17FN4O. The van der Waals surface area contributed by atoms with E-state index in [1.807, 2.05) is 29.0 Å². The number of aromatic nitrogens is 3. The zero-order chi connectivity index (χ0) is 17.2. The van der Waals surface area contributed by atoms with E-state index in [-0.39, 0.29) is 23.6 Å². The van der Waals surface area contributed by atoms with Crippen LogP contribution >= 0.6 is 0 Å². The summed E-state index contributed by atoms with van der Waals surface area (Å²) < 4.78 is 15.1. The van der Waals surface area contributed by atoms with Crippen molar-refractivity contribution in [1.29, 1.82) is 0 Å². The number of pyridine rings is 1. The van der Waals surface area contributed by atoms with Crippen LogP contribution in [-0.2, 0) is 11.3 Å². The van der Waals surface area contributed by atoms with Crippen LogP contribution in [0.25, 0.3) is 5.82 Å². The first-order chi connectivity index (χ1) is 12.2. The quantitative estimate of drug-likeness (QED) is 0.779.